The average Bonchev–Trinajstić information content (AvgIpc) is 2.31. The Kier molecular flexibility index (Phi) is 4.97. The monoisotopic (exact) mass is 237 g/mol. The van der Waals surface area contributed by atoms with Crippen LogP contribution < -0.4 is 10.5 Å². The Hall–Kier alpha value is -1.55. The van der Waals surface area contributed by atoms with Gasteiger partial charge >= 0.3 is 5.97 Å². The average molecular weight is 237 g/mol. The fourth-order valence-electron chi connectivity index (χ4n) is 1.53. The third-order valence-corrected chi connectivity index (χ3v) is 2.49. The smallest absolute Gasteiger partial charge is 0.320 e. The first kappa shape index (κ1) is 13.5. The molecule has 0 saturated carbocycles. The Labute approximate surface area is 102 Å². The van der Waals surface area contributed by atoms with Gasteiger partial charge in [0.05, 0.1) is 13.2 Å². The van der Waals surface area contributed by atoms with Crippen molar-refractivity contribution in [3.63, 3.8) is 0 Å². The van der Waals surface area contributed by atoms with Crippen molar-refractivity contribution < 1.29 is 14.3 Å². The van der Waals surface area contributed by atoms with Crippen molar-refractivity contribution >= 4 is 5.97 Å². The lowest BCUT2D eigenvalue weighted by Gasteiger charge is -2.12. The molecular weight excluding hydrogens is 218 g/mol. The van der Waals surface area contributed by atoms with Gasteiger partial charge in [-0.3, -0.25) is 4.79 Å². The Balaban J connectivity index is 2.80. The zero-order valence-electron chi connectivity index (χ0n) is 10.6. The van der Waals surface area contributed by atoms with Gasteiger partial charge in [0.1, 0.15) is 12.4 Å². The van der Waals surface area contributed by atoms with E-state index in [0.717, 1.165) is 22.4 Å². The predicted molar refractivity (Wildman–Crippen MR) is 65.9 cm³/mol. The minimum Gasteiger partial charge on any atom is -0.494 e. The summed E-state index contributed by atoms with van der Waals surface area (Å²) in [6.07, 6.45) is 0. The predicted octanol–water partition coefficient (Wildman–Crippen LogP) is 1.70. The summed E-state index contributed by atoms with van der Waals surface area (Å²) in [6, 6.07) is 3.94. The third kappa shape index (κ3) is 3.75. The van der Waals surface area contributed by atoms with Crippen LogP contribution in [-0.4, -0.2) is 19.1 Å². The van der Waals surface area contributed by atoms with E-state index in [9.17, 15) is 4.79 Å². The number of nitrogens with two attached hydrogens (primary N) is 1. The van der Waals surface area contributed by atoms with Gasteiger partial charge in [-0.2, -0.15) is 0 Å². The van der Waals surface area contributed by atoms with E-state index in [4.69, 9.17) is 15.2 Å². The van der Waals surface area contributed by atoms with Crippen LogP contribution in [0.2, 0.25) is 0 Å². The van der Waals surface area contributed by atoms with Crippen molar-refractivity contribution in [2.75, 3.05) is 13.2 Å². The van der Waals surface area contributed by atoms with Gasteiger partial charge < -0.3 is 15.2 Å². The summed E-state index contributed by atoms with van der Waals surface area (Å²) in [4.78, 5) is 11.0. The number of hydrogen-bond donors (Lipinski definition) is 1. The molecule has 0 aliphatic rings. The molecule has 0 aliphatic carbocycles. The van der Waals surface area contributed by atoms with Crippen molar-refractivity contribution in [2.24, 2.45) is 5.73 Å². The first-order valence-electron chi connectivity index (χ1n) is 5.67. The van der Waals surface area contributed by atoms with Crippen LogP contribution in [0.5, 0.6) is 5.75 Å². The van der Waals surface area contributed by atoms with Gasteiger partial charge in [-0.1, -0.05) is 0 Å². The number of ether oxygens (including phenoxy) is 2. The molecule has 0 spiro atoms. The van der Waals surface area contributed by atoms with Crippen molar-refractivity contribution in [3.05, 3.63) is 28.8 Å². The lowest BCUT2D eigenvalue weighted by molar-refractivity contribution is -0.143. The van der Waals surface area contributed by atoms with Gasteiger partial charge in [-0.25, -0.2) is 0 Å². The lowest BCUT2D eigenvalue weighted by Crippen LogP contribution is -2.16. The van der Waals surface area contributed by atoms with Gasteiger partial charge in [-0.05, 0) is 49.6 Å². The van der Waals surface area contributed by atoms with E-state index >= 15 is 0 Å². The number of esters is 1. The number of rotatable bonds is 5. The zero-order valence-corrected chi connectivity index (χ0v) is 10.6. The molecule has 0 heterocycles. The van der Waals surface area contributed by atoms with Crippen molar-refractivity contribution in [3.8, 4) is 5.75 Å². The molecule has 1 aromatic rings. The fourth-order valence-corrected chi connectivity index (χ4v) is 1.53. The van der Waals surface area contributed by atoms with E-state index in [2.05, 4.69) is 0 Å². The molecule has 17 heavy (non-hydrogen) atoms. The molecule has 94 valence electrons. The number of aryl methyl sites for hydroxylation is 2. The molecule has 2 N–H and O–H groups in total. The maximum absolute atomic E-state index is 11.0. The van der Waals surface area contributed by atoms with Gasteiger partial charge in [-0.15, -0.1) is 0 Å². The van der Waals surface area contributed by atoms with Crippen LogP contribution in [-0.2, 0) is 16.1 Å². The summed E-state index contributed by atoms with van der Waals surface area (Å²) in [5.74, 6) is 0.481. The first-order valence-corrected chi connectivity index (χ1v) is 5.67. The molecule has 0 aliphatic heterocycles. The van der Waals surface area contributed by atoms with Crippen molar-refractivity contribution in [1.82, 2.24) is 0 Å². The second-order valence-electron chi connectivity index (χ2n) is 3.84. The zero-order chi connectivity index (χ0) is 12.8. The molecule has 4 nitrogen and oxygen atoms in total. The summed E-state index contributed by atoms with van der Waals surface area (Å²) in [5, 5.41) is 0. The second-order valence-corrected chi connectivity index (χ2v) is 3.84. The quantitative estimate of drug-likeness (QED) is 0.792. The number of hydrogen-bond acceptors (Lipinski definition) is 4. The third-order valence-electron chi connectivity index (χ3n) is 2.49. The summed E-state index contributed by atoms with van der Waals surface area (Å²) in [6.45, 7) is 6.70. The highest BCUT2D eigenvalue weighted by Crippen LogP contribution is 2.23. The Morgan fingerprint density at radius 1 is 1.29 bits per heavy atom. The summed E-state index contributed by atoms with van der Waals surface area (Å²) < 4.78 is 10.5. The summed E-state index contributed by atoms with van der Waals surface area (Å²) in [5.41, 5.74) is 8.24. The van der Waals surface area contributed by atoms with Crippen LogP contribution in [0.15, 0.2) is 12.1 Å². The highest BCUT2D eigenvalue weighted by Gasteiger charge is 2.07. The molecule has 0 aromatic heterocycles. The van der Waals surface area contributed by atoms with Gasteiger partial charge in [0.25, 0.3) is 0 Å². The maximum Gasteiger partial charge on any atom is 0.320 e. The van der Waals surface area contributed by atoms with Crippen LogP contribution in [0.25, 0.3) is 0 Å². The van der Waals surface area contributed by atoms with E-state index < -0.39 is 5.97 Å². The standard InChI is InChI=1S/C13H19NO3/c1-4-16-12-6-9(2)11(5-10(12)3)8-17-13(15)7-14/h5-6H,4,7-8,14H2,1-3H3. The molecule has 0 radical (unpaired) electrons. The Bertz CT molecular complexity index is 402. The minimum atomic E-state index is -0.393. The van der Waals surface area contributed by atoms with Gasteiger partial charge in [0, 0.05) is 0 Å². The highest BCUT2D eigenvalue weighted by atomic mass is 16.5. The normalized spacial score (nSPS) is 10.1. The van der Waals surface area contributed by atoms with E-state index in [0.29, 0.717) is 6.61 Å². The lowest BCUT2D eigenvalue weighted by atomic mass is 10.1. The van der Waals surface area contributed by atoms with E-state index in [1.54, 1.807) is 0 Å². The van der Waals surface area contributed by atoms with Gasteiger partial charge in [0.15, 0.2) is 0 Å². The Morgan fingerprint density at radius 3 is 2.59 bits per heavy atom. The van der Waals surface area contributed by atoms with E-state index in [1.807, 2.05) is 32.9 Å². The topological polar surface area (TPSA) is 61.5 Å². The van der Waals surface area contributed by atoms with Crippen LogP contribution in [0.4, 0.5) is 0 Å². The highest BCUT2D eigenvalue weighted by molar-refractivity contribution is 5.71. The minimum absolute atomic E-state index is 0.0882. The van der Waals surface area contributed by atoms with E-state index in [1.165, 1.54) is 0 Å². The number of benzene rings is 1. The van der Waals surface area contributed by atoms with Crippen LogP contribution in [0.1, 0.15) is 23.6 Å². The Morgan fingerprint density at radius 2 is 2.00 bits per heavy atom. The molecule has 0 fully saturated rings. The molecule has 4 heteroatoms. The van der Waals surface area contributed by atoms with Crippen LogP contribution in [0, 0.1) is 13.8 Å². The molecule has 0 amide bonds. The summed E-state index contributed by atoms with van der Waals surface area (Å²) in [7, 11) is 0. The number of carbonyl (C=O) groups is 1. The fraction of sp³-hybridized carbons (Fsp3) is 0.462. The van der Waals surface area contributed by atoms with E-state index in [-0.39, 0.29) is 13.2 Å². The maximum atomic E-state index is 11.0. The molecule has 1 rings (SSSR count). The second kappa shape index (κ2) is 6.25. The van der Waals surface area contributed by atoms with Crippen molar-refractivity contribution in [2.45, 2.75) is 27.4 Å². The van der Waals surface area contributed by atoms with Crippen LogP contribution in [0.3, 0.4) is 0 Å². The largest absolute Gasteiger partial charge is 0.494 e. The molecule has 0 bridgehead atoms. The molecule has 0 saturated heterocycles. The molecular formula is C13H19NO3. The first-order chi connectivity index (χ1) is 8.08. The SMILES string of the molecule is CCOc1cc(C)c(COC(=O)CN)cc1C. The van der Waals surface area contributed by atoms with Gasteiger partial charge in [0.2, 0.25) is 0 Å². The molecule has 1 aromatic carbocycles. The summed E-state index contributed by atoms with van der Waals surface area (Å²) >= 11 is 0. The number of carbonyl (C=O) groups excluding carboxylic acids is 1. The molecule has 0 unspecified atom stereocenters. The van der Waals surface area contributed by atoms with Crippen LogP contribution >= 0.6 is 0 Å². The molecule has 0 atom stereocenters. The van der Waals surface area contributed by atoms with Crippen molar-refractivity contribution in [1.29, 1.82) is 0 Å².